The van der Waals surface area contributed by atoms with E-state index in [0.29, 0.717) is 25.8 Å². The minimum absolute atomic E-state index is 0.00841. The van der Waals surface area contributed by atoms with Gasteiger partial charge in [-0.15, -0.1) is 13.2 Å². The number of allylic oxidation sites excluding steroid dienone is 2. The fraction of sp³-hybridized carbons (Fsp3) is 0.536. The first kappa shape index (κ1) is 31.1. The lowest BCUT2D eigenvalue weighted by atomic mass is 9.94. The Kier molecular flexibility index (Phi) is 16.6. The third-order valence-corrected chi connectivity index (χ3v) is 5.56. The first-order valence-corrected chi connectivity index (χ1v) is 12.6. The molecule has 0 unspecified atom stereocenters. The maximum absolute atomic E-state index is 12.9. The molecule has 0 aliphatic rings. The van der Waals surface area contributed by atoms with Gasteiger partial charge in [0.1, 0.15) is 6.10 Å². The van der Waals surface area contributed by atoms with Gasteiger partial charge in [-0.05, 0) is 44.6 Å². The molecule has 1 aromatic carbocycles. The van der Waals surface area contributed by atoms with Crippen molar-refractivity contribution in [2.45, 2.75) is 51.6 Å². The molecule has 0 heterocycles. The van der Waals surface area contributed by atoms with Crippen LogP contribution in [0, 0.1) is 11.8 Å². The molecule has 1 aromatic rings. The van der Waals surface area contributed by atoms with Gasteiger partial charge in [-0.1, -0.05) is 42.5 Å². The Hall–Kier alpha value is -2.97. The lowest BCUT2D eigenvalue weighted by molar-refractivity contribution is -0.153. The predicted molar refractivity (Wildman–Crippen MR) is 140 cm³/mol. The molecule has 0 aromatic heterocycles. The molecule has 0 bridgehead atoms. The number of benzene rings is 1. The minimum atomic E-state index is -0.575. The first-order chi connectivity index (χ1) is 17.4. The fourth-order valence-electron chi connectivity index (χ4n) is 3.64. The van der Waals surface area contributed by atoms with Gasteiger partial charge in [0.15, 0.2) is 0 Å². The number of aliphatic hydroxyl groups is 1. The third kappa shape index (κ3) is 13.8. The Balaban J connectivity index is 2.54. The second-order valence-electron chi connectivity index (χ2n) is 8.71. The van der Waals surface area contributed by atoms with E-state index in [-0.39, 0.29) is 56.5 Å². The summed E-state index contributed by atoms with van der Waals surface area (Å²) in [4.78, 5) is 37.8. The van der Waals surface area contributed by atoms with Crippen molar-refractivity contribution in [1.29, 1.82) is 0 Å². The number of hydrogen-bond donors (Lipinski definition) is 3. The third-order valence-electron chi connectivity index (χ3n) is 5.56. The van der Waals surface area contributed by atoms with Gasteiger partial charge in [0, 0.05) is 13.0 Å². The SMILES string of the molecule is C=CCCC[C@H](Cc1ccccc1)C(=O)O[C@@H](C)CNC(=O)[C@@H](CC=C)CC(=O)NCCOCCO. The van der Waals surface area contributed by atoms with Crippen LogP contribution >= 0.6 is 0 Å². The van der Waals surface area contributed by atoms with Gasteiger partial charge in [0.2, 0.25) is 11.8 Å². The average molecular weight is 503 g/mol. The molecule has 3 N–H and O–H groups in total. The maximum Gasteiger partial charge on any atom is 0.309 e. The minimum Gasteiger partial charge on any atom is -0.461 e. The highest BCUT2D eigenvalue weighted by Gasteiger charge is 2.24. The molecular weight excluding hydrogens is 460 g/mol. The molecule has 1 rings (SSSR count). The van der Waals surface area contributed by atoms with Crippen LogP contribution in [0.5, 0.6) is 0 Å². The van der Waals surface area contributed by atoms with Crippen molar-refractivity contribution in [2.24, 2.45) is 11.8 Å². The second-order valence-corrected chi connectivity index (χ2v) is 8.71. The molecular formula is C28H42N2O6. The van der Waals surface area contributed by atoms with Crippen molar-refractivity contribution in [3.63, 3.8) is 0 Å². The smallest absolute Gasteiger partial charge is 0.309 e. The number of hydrogen-bond acceptors (Lipinski definition) is 6. The standard InChI is InChI=1S/C28H42N2O6/c1-4-6-8-14-25(19-23-12-9-7-10-13-23)28(34)36-22(3)21-30-27(33)24(11-5-2)20-26(32)29-15-17-35-18-16-31/h4-5,7,9-10,12-13,22,24-25,31H,1-2,6,8,11,14-21H2,3H3,(H,29,32)(H,30,33)/t22-,24-,25+/m0/s1. The molecule has 0 aliphatic carbocycles. The van der Waals surface area contributed by atoms with Crippen LogP contribution in [0.3, 0.4) is 0 Å². The summed E-state index contributed by atoms with van der Waals surface area (Å²) in [7, 11) is 0. The van der Waals surface area contributed by atoms with E-state index in [0.717, 1.165) is 18.4 Å². The largest absolute Gasteiger partial charge is 0.461 e. The summed E-state index contributed by atoms with van der Waals surface area (Å²) >= 11 is 0. The van der Waals surface area contributed by atoms with Crippen LogP contribution in [0.25, 0.3) is 0 Å². The Bertz CT molecular complexity index is 798. The monoisotopic (exact) mass is 502 g/mol. The summed E-state index contributed by atoms with van der Waals surface area (Å²) < 4.78 is 10.8. The fourth-order valence-corrected chi connectivity index (χ4v) is 3.64. The van der Waals surface area contributed by atoms with Gasteiger partial charge < -0.3 is 25.2 Å². The molecule has 3 atom stereocenters. The Morgan fingerprint density at radius 3 is 2.47 bits per heavy atom. The van der Waals surface area contributed by atoms with E-state index in [1.165, 1.54) is 0 Å². The van der Waals surface area contributed by atoms with Gasteiger partial charge in [0.05, 0.1) is 38.2 Å². The maximum atomic E-state index is 12.9. The molecule has 0 radical (unpaired) electrons. The molecule has 36 heavy (non-hydrogen) atoms. The highest BCUT2D eigenvalue weighted by Crippen LogP contribution is 2.18. The van der Waals surface area contributed by atoms with Crippen LogP contribution in [0.15, 0.2) is 55.6 Å². The zero-order valence-corrected chi connectivity index (χ0v) is 21.5. The normalized spacial score (nSPS) is 13.2. The van der Waals surface area contributed by atoms with Gasteiger partial charge in [-0.25, -0.2) is 0 Å². The van der Waals surface area contributed by atoms with Crippen molar-refractivity contribution < 1.29 is 29.0 Å². The average Bonchev–Trinajstić information content (AvgIpc) is 2.87. The molecule has 2 amide bonds. The van der Waals surface area contributed by atoms with E-state index in [9.17, 15) is 14.4 Å². The van der Waals surface area contributed by atoms with Crippen molar-refractivity contribution in [3.05, 3.63) is 61.2 Å². The predicted octanol–water partition coefficient (Wildman–Crippen LogP) is 2.96. The molecule has 0 aliphatic heterocycles. The molecule has 0 spiro atoms. The highest BCUT2D eigenvalue weighted by atomic mass is 16.5. The summed E-state index contributed by atoms with van der Waals surface area (Å²) in [5, 5.41) is 14.2. The number of ether oxygens (including phenoxy) is 2. The van der Waals surface area contributed by atoms with Crippen LogP contribution in [-0.4, -0.2) is 61.9 Å². The highest BCUT2D eigenvalue weighted by molar-refractivity contribution is 5.86. The van der Waals surface area contributed by atoms with Crippen molar-refractivity contribution >= 4 is 17.8 Å². The van der Waals surface area contributed by atoms with Gasteiger partial charge >= 0.3 is 5.97 Å². The van der Waals surface area contributed by atoms with Crippen LogP contribution < -0.4 is 10.6 Å². The molecule has 8 nitrogen and oxygen atoms in total. The number of rotatable bonds is 20. The van der Waals surface area contributed by atoms with E-state index in [4.69, 9.17) is 14.6 Å². The number of nitrogens with one attached hydrogen (secondary N) is 2. The van der Waals surface area contributed by atoms with Crippen LogP contribution in [0.1, 0.15) is 44.6 Å². The summed E-state index contributed by atoms with van der Waals surface area (Å²) in [6.45, 7) is 10.0. The summed E-state index contributed by atoms with van der Waals surface area (Å²) in [5.74, 6) is -1.70. The zero-order chi connectivity index (χ0) is 26.6. The number of unbranched alkanes of at least 4 members (excludes halogenated alkanes) is 1. The van der Waals surface area contributed by atoms with Gasteiger partial charge in [-0.2, -0.15) is 0 Å². The molecule has 0 saturated carbocycles. The zero-order valence-electron chi connectivity index (χ0n) is 21.5. The van der Waals surface area contributed by atoms with Crippen molar-refractivity contribution in [2.75, 3.05) is 32.9 Å². The topological polar surface area (TPSA) is 114 Å². The molecule has 0 fully saturated rings. The molecule has 8 heteroatoms. The quantitative estimate of drug-likeness (QED) is 0.144. The molecule has 0 saturated heterocycles. The first-order valence-electron chi connectivity index (χ1n) is 12.6. The number of carbonyl (C=O) groups excluding carboxylic acids is 3. The van der Waals surface area contributed by atoms with Crippen molar-refractivity contribution in [1.82, 2.24) is 10.6 Å². The number of amides is 2. The molecule has 200 valence electrons. The second kappa shape index (κ2) is 19.2. The Morgan fingerprint density at radius 1 is 1.06 bits per heavy atom. The van der Waals surface area contributed by atoms with Crippen molar-refractivity contribution in [3.8, 4) is 0 Å². The van der Waals surface area contributed by atoms with Gasteiger partial charge in [-0.3, -0.25) is 14.4 Å². The summed E-state index contributed by atoms with van der Waals surface area (Å²) in [6, 6.07) is 9.83. The van der Waals surface area contributed by atoms with Crippen LogP contribution in [0.2, 0.25) is 0 Å². The van der Waals surface area contributed by atoms with Gasteiger partial charge in [0.25, 0.3) is 0 Å². The van der Waals surface area contributed by atoms with Crippen LogP contribution in [0.4, 0.5) is 0 Å². The number of esters is 1. The number of aliphatic hydroxyl groups excluding tert-OH is 1. The Morgan fingerprint density at radius 2 is 1.81 bits per heavy atom. The summed E-state index contributed by atoms with van der Waals surface area (Å²) in [6.07, 6.45) is 6.25. The lowest BCUT2D eigenvalue weighted by Crippen LogP contribution is -2.39. The van der Waals surface area contributed by atoms with E-state index in [1.54, 1.807) is 13.0 Å². The summed E-state index contributed by atoms with van der Waals surface area (Å²) in [5.41, 5.74) is 1.07. The van der Waals surface area contributed by atoms with E-state index in [2.05, 4.69) is 23.8 Å². The Labute approximate surface area is 215 Å². The van der Waals surface area contributed by atoms with E-state index in [1.807, 2.05) is 36.4 Å². The number of carbonyl (C=O) groups is 3. The van der Waals surface area contributed by atoms with Crippen LogP contribution in [-0.2, 0) is 30.3 Å². The van der Waals surface area contributed by atoms with E-state index < -0.39 is 12.0 Å². The lowest BCUT2D eigenvalue weighted by Gasteiger charge is -2.21. The van der Waals surface area contributed by atoms with E-state index >= 15 is 0 Å².